The second kappa shape index (κ2) is 43.0. The van der Waals surface area contributed by atoms with Crippen molar-refractivity contribution < 1.29 is 115 Å². The van der Waals surface area contributed by atoms with E-state index in [2.05, 4.69) is 87.2 Å². The average Bonchev–Trinajstić information content (AvgIpc) is 0.804. The smallest absolute Gasteiger partial charge is 0.323 e. The second-order valence-electron chi connectivity index (χ2n) is 28.7. The van der Waals surface area contributed by atoms with E-state index in [0.717, 1.165) is 0 Å². The van der Waals surface area contributed by atoms with Crippen LogP contribution in [-0.2, 0) is 96.5 Å². The lowest BCUT2D eigenvalue weighted by Gasteiger charge is -2.22. The van der Waals surface area contributed by atoms with Crippen LogP contribution < -0.4 is 72.5 Å². The van der Waals surface area contributed by atoms with Crippen molar-refractivity contribution in [1.82, 2.24) is 66.6 Å². The van der Waals surface area contributed by atoms with Gasteiger partial charge >= 0.3 is 11.9 Å². The molecule has 0 unspecified atom stereocenters. The number of carboxylic acid groups (broad SMARTS) is 2. The van der Waals surface area contributed by atoms with E-state index in [0.29, 0.717) is 36.1 Å². The molecule has 43 nitrogen and oxygen atoms in total. The monoisotopic (exact) mass is 1780 g/mol. The van der Waals surface area contributed by atoms with Crippen molar-refractivity contribution in [2.75, 3.05) is 68.1 Å². The summed E-state index contributed by atoms with van der Waals surface area (Å²) in [6.07, 6.45) is 5.39. The molecular formula is C75H96N18O25S4. The number of Topliss-reactive ketones (excluding diaryl/α,β-unsaturated/α-hetero) is 2. The standard InChI is InChI=1S/C75H96N18O25S4/c1-40-28-49(29-41(2)66(40)121(113,114)92-56(72(103)104)36-84-70(101)62-44(5)64(97)51-15-13-46(32-54(51)89-62)34-86-74-80-22-23-81-74)117-26-8-11-59(94)77-19-7-10-48(38-119(107,108)109)88-61(96)18-17-53(76)68(99)91-58(39-120(110,111)112)69(100)79-21-20-78-60(95)12-9-27-118-50-30-42(3)67(43(4)31-50)122(115,116)93-57(73(105)106)37-85-71(102)63-45(6)65(98)52-16-14-47(33-55(52)90-63)35-87-75-82-24-25-83-75/h13-16,22-25,28-33,44-45,48,53,56-58,92-93H,7-12,17-21,26-27,34-39,76H2,1-6H3,(H,77,94)(H,78,95)(H,79,100)(H,84,101)(H,85,102)(H,88,96)(H,91,99)(H,103,104)(H,105,106)(H2,80,81,86)(H2,82,83,87)(H,107,108,109)(H,110,111,112)/t44-,45-,48-,53-,56-,57-,58+/m0/s1. The largest absolute Gasteiger partial charge is 0.494 e. The van der Waals surface area contributed by atoms with Crippen molar-refractivity contribution in [2.24, 2.45) is 27.6 Å². The van der Waals surface area contributed by atoms with Gasteiger partial charge in [-0.1, -0.05) is 12.1 Å². The third-order valence-electron chi connectivity index (χ3n) is 18.9. The van der Waals surface area contributed by atoms with Gasteiger partial charge in [-0.15, -0.1) is 0 Å². The molecule has 6 aromatic rings. The zero-order valence-corrected chi connectivity index (χ0v) is 70.2. The van der Waals surface area contributed by atoms with Crippen LogP contribution >= 0.6 is 0 Å². The van der Waals surface area contributed by atoms with Gasteiger partial charge in [-0.25, -0.2) is 36.8 Å². The Bertz CT molecular complexity index is 5410. The summed E-state index contributed by atoms with van der Waals surface area (Å²) in [6.45, 7) is 7.15. The lowest BCUT2D eigenvalue weighted by atomic mass is 9.89. The normalized spacial score (nSPS) is 15.2. The summed E-state index contributed by atoms with van der Waals surface area (Å²) in [5, 5.41) is 43.0. The van der Waals surface area contributed by atoms with Gasteiger partial charge in [0.1, 0.15) is 46.8 Å². The average molecular weight is 1780 g/mol. The van der Waals surface area contributed by atoms with Gasteiger partial charge in [-0.2, -0.15) is 26.3 Å². The molecule has 47 heteroatoms. The van der Waals surface area contributed by atoms with Crippen LogP contribution in [0.25, 0.3) is 0 Å². The third kappa shape index (κ3) is 28.3. The molecule has 2 aromatic heterocycles. The Morgan fingerprint density at radius 1 is 0.508 bits per heavy atom. The predicted molar refractivity (Wildman–Crippen MR) is 439 cm³/mol. The van der Waals surface area contributed by atoms with E-state index in [9.17, 15) is 106 Å². The van der Waals surface area contributed by atoms with Crippen LogP contribution in [0.5, 0.6) is 11.5 Å². The number of ether oxygens (including phenoxy) is 2. The number of carboxylic acids is 2. The fourth-order valence-electron chi connectivity index (χ4n) is 12.9. The number of rotatable bonds is 48. The fourth-order valence-corrected chi connectivity index (χ4v) is 17.6. The number of fused-ring (bicyclic) bond motifs is 2. The van der Waals surface area contributed by atoms with E-state index in [-0.39, 0.29) is 149 Å². The molecule has 0 bridgehead atoms. The number of nitrogens with one attached hydrogen (secondary N) is 13. The molecule has 122 heavy (non-hydrogen) atoms. The number of anilines is 2. The number of hydrogen-bond acceptors (Lipinski definition) is 28. The van der Waals surface area contributed by atoms with Crippen LogP contribution in [0.15, 0.2) is 105 Å². The number of nitrogens with two attached hydrogens (primary N) is 1. The number of ketones is 2. The number of nitrogens with zero attached hydrogens (tertiary/aromatic N) is 4. The minimum absolute atomic E-state index is 0.0311. The first-order valence-electron chi connectivity index (χ1n) is 38.1. The number of aromatic amines is 2. The van der Waals surface area contributed by atoms with E-state index < -0.39 is 185 Å². The highest BCUT2D eigenvalue weighted by atomic mass is 32.2. The number of benzene rings is 4. The molecule has 19 N–H and O–H groups in total. The molecule has 0 aliphatic carbocycles. The van der Waals surface area contributed by atoms with Gasteiger partial charge in [-0.05, 0) is 156 Å². The number of amides is 7. The maximum absolute atomic E-state index is 13.8. The number of sulfonamides is 2. The van der Waals surface area contributed by atoms with Crippen LogP contribution in [0.4, 0.5) is 23.3 Å². The molecular weight excluding hydrogens is 1680 g/mol. The molecule has 7 atom stereocenters. The van der Waals surface area contributed by atoms with Crippen LogP contribution in [-0.4, -0.2) is 237 Å². The van der Waals surface area contributed by atoms with Gasteiger partial charge in [0.05, 0.1) is 58.0 Å². The van der Waals surface area contributed by atoms with Crippen LogP contribution in [0.2, 0.25) is 0 Å². The summed E-state index contributed by atoms with van der Waals surface area (Å²) in [7, 11) is -18.8. The number of hydrogen-bond donors (Lipinski definition) is 18. The summed E-state index contributed by atoms with van der Waals surface area (Å²) < 4.78 is 138. The molecule has 2 aliphatic heterocycles. The summed E-state index contributed by atoms with van der Waals surface area (Å²) >= 11 is 0. The van der Waals surface area contributed by atoms with Crippen molar-refractivity contribution in [3.8, 4) is 11.5 Å². The first kappa shape index (κ1) is 95.5. The van der Waals surface area contributed by atoms with Gasteiger partial charge in [0.15, 0.2) is 23.5 Å². The Balaban J connectivity index is 0.700. The van der Waals surface area contributed by atoms with Gasteiger partial charge in [0, 0.05) is 107 Å². The summed E-state index contributed by atoms with van der Waals surface area (Å²) in [5.74, 6) is -12.9. The predicted octanol–water partition coefficient (Wildman–Crippen LogP) is 0.496. The molecule has 0 fully saturated rings. The molecule has 8 rings (SSSR count). The van der Waals surface area contributed by atoms with E-state index in [1.165, 1.54) is 65.8 Å². The molecule has 2 aliphatic rings. The lowest BCUT2D eigenvalue weighted by Crippen LogP contribution is -2.55. The lowest BCUT2D eigenvalue weighted by molar-refractivity contribution is -0.140. The SMILES string of the molecule is Cc1cc(OCCCC(=O)NCCC[C@@H](CS(=O)(=O)O)NC(=O)CC[C@H](N)C(=O)N[C@H](CS(=O)(=O)O)C(=O)NCCNC(=O)CCCOc2cc(C)c(S(=O)(=O)N[C@@H](CNC(=O)C3=Nc4cc(CNc5ncc[nH]5)ccc4C(=O)[C@H]3C)C(=O)O)c(C)c2)cc(C)c1S(=O)(=O)N[C@@H](CNC(=O)C1=Nc2cc(CNc3ncc[nH]3)ccc2C(=O)[C@H]1C)C(=O)O. The topological polar surface area (TPSA) is 664 Å². The van der Waals surface area contributed by atoms with Crippen molar-refractivity contribution in [3.05, 3.63) is 130 Å². The molecule has 7 amide bonds. The van der Waals surface area contributed by atoms with Gasteiger partial charge < -0.3 is 83.2 Å². The number of carbonyl (C=O) groups excluding carboxylic acids is 9. The fraction of sp³-hybridized carbons (Fsp3) is 0.427. The Kier molecular flexibility index (Phi) is 33.6. The number of aliphatic imine (C=N–C) groups is 2. The number of carbonyl (C=O) groups is 11. The highest BCUT2D eigenvalue weighted by Crippen LogP contribution is 2.33. The van der Waals surface area contributed by atoms with Crippen molar-refractivity contribution >= 4 is 140 Å². The highest BCUT2D eigenvalue weighted by molar-refractivity contribution is 7.90. The number of aryl methyl sites for hydroxylation is 4. The van der Waals surface area contributed by atoms with Gasteiger partial charge in [0.25, 0.3) is 32.1 Å². The number of H-pyrrole nitrogens is 2. The van der Waals surface area contributed by atoms with Crippen molar-refractivity contribution in [1.29, 1.82) is 0 Å². The summed E-state index contributed by atoms with van der Waals surface area (Å²) in [6, 6.07) is 6.85. The highest BCUT2D eigenvalue weighted by Gasteiger charge is 2.38. The molecule has 4 heterocycles. The molecule has 0 saturated heterocycles. The van der Waals surface area contributed by atoms with Gasteiger partial charge in [0.2, 0.25) is 49.6 Å². The number of aromatic nitrogens is 4. The van der Waals surface area contributed by atoms with E-state index in [4.69, 9.17) is 15.2 Å². The zero-order valence-electron chi connectivity index (χ0n) is 66.9. The van der Waals surface area contributed by atoms with Crippen molar-refractivity contribution in [2.45, 2.75) is 146 Å². The first-order valence-corrected chi connectivity index (χ1v) is 44.2. The van der Waals surface area contributed by atoms with E-state index >= 15 is 0 Å². The molecule has 660 valence electrons. The van der Waals surface area contributed by atoms with Crippen molar-refractivity contribution in [3.63, 3.8) is 0 Å². The zero-order chi connectivity index (χ0) is 89.6. The second-order valence-corrected chi connectivity index (χ2v) is 35.0. The maximum Gasteiger partial charge on any atom is 0.323 e. The van der Waals surface area contributed by atoms with Crippen LogP contribution in [0, 0.1) is 39.5 Å². The number of imidazole rings is 2. The van der Waals surface area contributed by atoms with E-state index in [1.807, 2.05) is 0 Å². The Hall–Kier alpha value is -12.0. The quantitative estimate of drug-likeness (QED) is 0.0183. The number of aliphatic carboxylic acids is 2. The molecule has 0 spiro atoms. The molecule has 0 saturated carbocycles. The van der Waals surface area contributed by atoms with Crippen LogP contribution in [0.1, 0.15) is 119 Å². The minimum atomic E-state index is -4.94. The van der Waals surface area contributed by atoms with Crippen LogP contribution in [0.3, 0.4) is 0 Å². The molecule has 0 radical (unpaired) electrons. The van der Waals surface area contributed by atoms with E-state index in [1.54, 1.807) is 61.2 Å². The minimum Gasteiger partial charge on any atom is -0.494 e. The maximum atomic E-state index is 13.8. The summed E-state index contributed by atoms with van der Waals surface area (Å²) in [4.78, 5) is 165. The Morgan fingerprint density at radius 3 is 1.34 bits per heavy atom. The first-order chi connectivity index (χ1) is 57.5. The molecule has 4 aromatic carbocycles. The Morgan fingerprint density at radius 2 is 0.934 bits per heavy atom. The third-order valence-corrected chi connectivity index (χ3v) is 24.0. The van der Waals surface area contributed by atoms with Gasteiger partial charge in [-0.3, -0.25) is 61.8 Å². The Labute approximate surface area is 701 Å². The summed E-state index contributed by atoms with van der Waals surface area (Å²) in [5.41, 5.74) is 8.57.